The first-order valence-corrected chi connectivity index (χ1v) is 8.38. The molecular weight excluding hydrogens is 342 g/mol. The maximum atomic E-state index is 12.3. The molecule has 1 aliphatic heterocycles. The van der Waals surface area contributed by atoms with Crippen molar-refractivity contribution in [2.24, 2.45) is 0 Å². The number of carbonyl (C=O) groups is 1. The van der Waals surface area contributed by atoms with Crippen LogP contribution in [0.3, 0.4) is 0 Å². The van der Waals surface area contributed by atoms with Crippen molar-refractivity contribution in [3.8, 4) is 17.2 Å². The van der Waals surface area contributed by atoms with E-state index in [1.54, 1.807) is 25.2 Å². The van der Waals surface area contributed by atoms with Crippen molar-refractivity contribution in [1.29, 1.82) is 0 Å². The van der Waals surface area contributed by atoms with Crippen molar-refractivity contribution in [2.75, 3.05) is 27.4 Å². The number of amides is 1. The maximum Gasteiger partial charge on any atom is 0.260 e. The number of ether oxygens (including phenoxy) is 3. The lowest BCUT2D eigenvalue weighted by Crippen LogP contribution is -2.34. The second kappa shape index (κ2) is 7.66. The Morgan fingerprint density at radius 2 is 1.92 bits per heavy atom. The predicted octanol–water partition coefficient (Wildman–Crippen LogP) is 3.32. The summed E-state index contributed by atoms with van der Waals surface area (Å²) in [7, 11) is 3.22. The molecule has 0 bridgehead atoms. The zero-order chi connectivity index (χ0) is 17.8. The molecule has 0 saturated carbocycles. The van der Waals surface area contributed by atoms with Crippen LogP contribution in [0.4, 0.5) is 0 Å². The molecule has 1 aliphatic rings. The Balaban J connectivity index is 1.72. The van der Waals surface area contributed by atoms with Gasteiger partial charge in [-0.15, -0.1) is 0 Å². The number of hydrogen-bond acceptors (Lipinski definition) is 4. The van der Waals surface area contributed by atoms with E-state index in [1.807, 2.05) is 30.3 Å². The van der Waals surface area contributed by atoms with Crippen molar-refractivity contribution < 1.29 is 19.0 Å². The van der Waals surface area contributed by atoms with Crippen molar-refractivity contribution in [2.45, 2.75) is 13.0 Å². The summed E-state index contributed by atoms with van der Waals surface area (Å²) in [6, 6.07) is 11.2. The third kappa shape index (κ3) is 3.99. The highest BCUT2D eigenvalue weighted by atomic mass is 35.5. The average molecular weight is 362 g/mol. The number of halogens is 1. The minimum atomic E-state index is -0.0344. The van der Waals surface area contributed by atoms with Gasteiger partial charge in [0.25, 0.3) is 5.91 Å². The van der Waals surface area contributed by atoms with Crippen LogP contribution in [0.5, 0.6) is 17.2 Å². The van der Waals surface area contributed by atoms with Gasteiger partial charge < -0.3 is 19.1 Å². The lowest BCUT2D eigenvalue weighted by atomic mass is 10.1. The van der Waals surface area contributed by atoms with Crippen LogP contribution >= 0.6 is 11.6 Å². The fourth-order valence-corrected chi connectivity index (χ4v) is 3.04. The summed E-state index contributed by atoms with van der Waals surface area (Å²) in [5.74, 6) is 2.05. The number of nitrogens with zero attached hydrogens (tertiary/aromatic N) is 1. The summed E-state index contributed by atoms with van der Waals surface area (Å²) in [4.78, 5) is 14.1. The lowest BCUT2D eigenvalue weighted by Gasteiger charge is -2.20. The molecule has 0 aromatic heterocycles. The number of methoxy groups -OCH3 is 2. The van der Waals surface area contributed by atoms with Crippen molar-refractivity contribution in [3.63, 3.8) is 0 Å². The number of hydrogen-bond donors (Lipinski definition) is 0. The largest absolute Gasteiger partial charge is 0.493 e. The summed E-state index contributed by atoms with van der Waals surface area (Å²) >= 11 is 6.06. The third-order valence-corrected chi connectivity index (χ3v) is 4.44. The first kappa shape index (κ1) is 17.4. The Morgan fingerprint density at radius 1 is 1.12 bits per heavy atom. The SMILES string of the molecule is COc1ccc(CCN2Cc3cc(Cl)ccc3OCC2=O)cc1OC. The molecule has 0 radical (unpaired) electrons. The molecule has 0 fully saturated rings. The molecule has 1 amide bonds. The van der Waals surface area contributed by atoms with Gasteiger partial charge in [0.15, 0.2) is 18.1 Å². The molecule has 2 aromatic carbocycles. The maximum absolute atomic E-state index is 12.3. The van der Waals surface area contributed by atoms with E-state index in [-0.39, 0.29) is 12.5 Å². The van der Waals surface area contributed by atoms with E-state index in [0.29, 0.717) is 41.8 Å². The molecule has 132 valence electrons. The number of fused-ring (bicyclic) bond motifs is 1. The summed E-state index contributed by atoms with van der Waals surface area (Å²) < 4.78 is 16.2. The second-order valence-electron chi connectivity index (χ2n) is 5.80. The Labute approximate surface area is 152 Å². The van der Waals surface area contributed by atoms with Gasteiger partial charge in [0.1, 0.15) is 5.75 Å². The van der Waals surface area contributed by atoms with E-state index in [1.165, 1.54) is 0 Å². The van der Waals surface area contributed by atoms with E-state index in [2.05, 4.69) is 0 Å². The zero-order valence-electron chi connectivity index (χ0n) is 14.3. The van der Waals surface area contributed by atoms with Crippen LogP contribution in [-0.4, -0.2) is 38.2 Å². The van der Waals surface area contributed by atoms with Gasteiger partial charge in [0, 0.05) is 23.7 Å². The molecular formula is C19H20ClNO4. The van der Waals surface area contributed by atoms with Gasteiger partial charge >= 0.3 is 0 Å². The van der Waals surface area contributed by atoms with Crippen LogP contribution in [0.25, 0.3) is 0 Å². The summed E-state index contributed by atoms with van der Waals surface area (Å²) in [5, 5.41) is 0.636. The zero-order valence-corrected chi connectivity index (χ0v) is 15.0. The average Bonchev–Trinajstić information content (AvgIpc) is 2.78. The molecule has 3 rings (SSSR count). The van der Waals surface area contributed by atoms with Crippen LogP contribution in [0.2, 0.25) is 5.02 Å². The predicted molar refractivity (Wildman–Crippen MR) is 95.6 cm³/mol. The van der Waals surface area contributed by atoms with Crippen LogP contribution in [0.1, 0.15) is 11.1 Å². The standard InChI is InChI=1S/C19H20ClNO4/c1-23-17-5-3-13(9-18(17)24-2)7-8-21-11-14-10-15(20)4-6-16(14)25-12-19(21)22/h3-6,9-10H,7-8,11-12H2,1-2H3. The van der Waals surface area contributed by atoms with E-state index >= 15 is 0 Å². The lowest BCUT2D eigenvalue weighted by molar-refractivity contribution is -0.133. The Hall–Kier alpha value is -2.40. The monoisotopic (exact) mass is 361 g/mol. The smallest absolute Gasteiger partial charge is 0.260 e. The van der Waals surface area contributed by atoms with Crippen LogP contribution in [0, 0.1) is 0 Å². The molecule has 0 saturated heterocycles. The molecule has 0 atom stereocenters. The van der Waals surface area contributed by atoms with Gasteiger partial charge in [-0.05, 0) is 42.3 Å². The normalized spacial score (nSPS) is 13.7. The van der Waals surface area contributed by atoms with E-state index in [0.717, 1.165) is 11.1 Å². The minimum Gasteiger partial charge on any atom is -0.493 e. The Kier molecular flexibility index (Phi) is 5.34. The third-order valence-electron chi connectivity index (χ3n) is 4.21. The van der Waals surface area contributed by atoms with Crippen LogP contribution in [0.15, 0.2) is 36.4 Å². The van der Waals surface area contributed by atoms with Crippen LogP contribution < -0.4 is 14.2 Å². The molecule has 0 unspecified atom stereocenters. The molecule has 0 aliphatic carbocycles. The first-order valence-electron chi connectivity index (χ1n) is 8.00. The summed E-state index contributed by atoms with van der Waals surface area (Å²) in [6.07, 6.45) is 0.710. The van der Waals surface area contributed by atoms with E-state index in [4.69, 9.17) is 25.8 Å². The summed E-state index contributed by atoms with van der Waals surface area (Å²) in [5.41, 5.74) is 1.99. The van der Waals surface area contributed by atoms with Gasteiger partial charge in [-0.3, -0.25) is 4.79 Å². The fourth-order valence-electron chi connectivity index (χ4n) is 2.84. The number of rotatable bonds is 5. The van der Waals surface area contributed by atoms with Crippen LogP contribution in [-0.2, 0) is 17.8 Å². The van der Waals surface area contributed by atoms with Gasteiger partial charge in [-0.2, -0.15) is 0 Å². The van der Waals surface area contributed by atoms with Crippen molar-refractivity contribution in [1.82, 2.24) is 4.90 Å². The van der Waals surface area contributed by atoms with Crippen molar-refractivity contribution >= 4 is 17.5 Å². The van der Waals surface area contributed by atoms with Gasteiger partial charge in [0.2, 0.25) is 0 Å². The Bertz CT molecular complexity index is 778. The number of benzene rings is 2. The highest BCUT2D eigenvalue weighted by Crippen LogP contribution is 2.29. The molecule has 25 heavy (non-hydrogen) atoms. The molecule has 6 heteroatoms. The number of carbonyl (C=O) groups excluding carboxylic acids is 1. The molecule has 0 spiro atoms. The summed E-state index contributed by atoms with van der Waals surface area (Å²) in [6.45, 7) is 1.12. The van der Waals surface area contributed by atoms with Crippen molar-refractivity contribution in [3.05, 3.63) is 52.5 Å². The van der Waals surface area contributed by atoms with E-state index in [9.17, 15) is 4.79 Å². The molecule has 2 aromatic rings. The van der Waals surface area contributed by atoms with Gasteiger partial charge in [0.05, 0.1) is 14.2 Å². The highest BCUT2D eigenvalue weighted by molar-refractivity contribution is 6.30. The molecule has 0 N–H and O–H groups in total. The van der Waals surface area contributed by atoms with Gasteiger partial charge in [-0.1, -0.05) is 17.7 Å². The second-order valence-corrected chi connectivity index (χ2v) is 6.23. The Morgan fingerprint density at radius 3 is 2.68 bits per heavy atom. The minimum absolute atomic E-state index is 0.0344. The fraction of sp³-hybridized carbons (Fsp3) is 0.316. The first-order chi connectivity index (χ1) is 12.1. The highest BCUT2D eigenvalue weighted by Gasteiger charge is 2.21. The molecule has 1 heterocycles. The van der Waals surface area contributed by atoms with E-state index < -0.39 is 0 Å². The quantitative estimate of drug-likeness (QED) is 0.819. The topological polar surface area (TPSA) is 48.0 Å². The van der Waals surface area contributed by atoms with Gasteiger partial charge in [-0.25, -0.2) is 0 Å². The molecule has 5 nitrogen and oxygen atoms in total.